The largest absolute Gasteiger partial charge is 0.396 e. The van der Waals surface area contributed by atoms with Crippen LogP contribution in [0.5, 0.6) is 0 Å². The van der Waals surface area contributed by atoms with Crippen molar-refractivity contribution in [2.24, 2.45) is 5.92 Å². The Kier molecular flexibility index (Phi) is 5.15. The molecule has 0 saturated carbocycles. The van der Waals surface area contributed by atoms with Crippen molar-refractivity contribution in [3.05, 3.63) is 11.4 Å². The predicted molar refractivity (Wildman–Crippen MR) is 70.4 cm³/mol. The SMILES string of the molecule is CNc1nc(C)nc(NCC(C)CCO)c1C. The molecule has 0 aliphatic rings. The molecular weight excluding hydrogens is 216 g/mol. The van der Waals surface area contributed by atoms with E-state index in [2.05, 4.69) is 27.5 Å². The van der Waals surface area contributed by atoms with E-state index in [1.54, 1.807) is 0 Å². The third-order valence-corrected chi connectivity index (χ3v) is 2.73. The first-order valence-electron chi connectivity index (χ1n) is 5.96. The molecule has 17 heavy (non-hydrogen) atoms. The molecule has 0 amide bonds. The van der Waals surface area contributed by atoms with Gasteiger partial charge in [0.25, 0.3) is 0 Å². The van der Waals surface area contributed by atoms with Gasteiger partial charge in [-0.3, -0.25) is 0 Å². The normalized spacial score (nSPS) is 12.3. The Balaban J connectivity index is 2.73. The van der Waals surface area contributed by atoms with Crippen LogP contribution in [0.2, 0.25) is 0 Å². The van der Waals surface area contributed by atoms with E-state index in [9.17, 15) is 0 Å². The van der Waals surface area contributed by atoms with Crippen LogP contribution < -0.4 is 10.6 Å². The van der Waals surface area contributed by atoms with Crippen LogP contribution in [-0.2, 0) is 0 Å². The van der Waals surface area contributed by atoms with Gasteiger partial charge < -0.3 is 15.7 Å². The Hall–Kier alpha value is -1.36. The molecule has 5 nitrogen and oxygen atoms in total. The van der Waals surface area contributed by atoms with E-state index in [0.29, 0.717) is 5.92 Å². The third-order valence-electron chi connectivity index (χ3n) is 2.73. The number of nitrogens with one attached hydrogen (secondary N) is 2. The molecule has 1 aromatic heterocycles. The summed E-state index contributed by atoms with van der Waals surface area (Å²) in [5.74, 6) is 2.89. The number of aryl methyl sites for hydroxylation is 1. The zero-order valence-electron chi connectivity index (χ0n) is 11.0. The first kappa shape index (κ1) is 13.7. The van der Waals surface area contributed by atoms with E-state index in [4.69, 9.17) is 5.11 Å². The fraction of sp³-hybridized carbons (Fsp3) is 0.667. The van der Waals surface area contributed by atoms with Crippen LogP contribution in [0, 0.1) is 19.8 Å². The monoisotopic (exact) mass is 238 g/mol. The summed E-state index contributed by atoms with van der Waals surface area (Å²) in [6.45, 7) is 7.01. The van der Waals surface area contributed by atoms with Crippen molar-refractivity contribution in [3.63, 3.8) is 0 Å². The maximum absolute atomic E-state index is 8.85. The fourth-order valence-corrected chi connectivity index (χ4v) is 1.64. The maximum atomic E-state index is 8.85. The summed E-state index contributed by atoms with van der Waals surface area (Å²) < 4.78 is 0. The van der Waals surface area contributed by atoms with Crippen molar-refractivity contribution in [2.45, 2.75) is 27.2 Å². The quantitative estimate of drug-likeness (QED) is 0.701. The fourth-order valence-electron chi connectivity index (χ4n) is 1.64. The van der Waals surface area contributed by atoms with Gasteiger partial charge in [0.2, 0.25) is 0 Å². The van der Waals surface area contributed by atoms with Crippen molar-refractivity contribution < 1.29 is 5.11 Å². The highest BCUT2D eigenvalue weighted by Gasteiger charge is 2.09. The van der Waals surface area contributed by atoms with Crippen LogP contribution in [0.1, 0.15) is 24.7 Å². The molecule has 0 spiro atoms. The van der Waals surface area contributed by atoms with Crippen molar-refractivity contribution in [1.82, 2.24) is 9.97 Å². The first-order chi connectivity index (χ1) is 8.08. The molecule has 1 rings (SSSR count). The summed E-state index contributed by atoms with van der Waals surface area (Å²) in [7, 11) is 1.85. The van der Waals surface area contributed by atoms with Gasteiger partial charge in [-0.1, -0.05) is 6.92 Å². The molecular formula is C12H22N4O. The van der Waals surface area contributed by atoms with E-state index in [-0.39, 0.29) is 6.61 Å². The summed E-state index contributed by atoms with van der Waals surface area (Å²) >= 11 is 0. The Morgan fingerprint density at radius 2 is 1.88 bits per heavy atom. The average molecular weight is 238 g/mol. The number of hydrogen-bond donors (Lipinski definition) is 3. The number of rotatable bonds is 6. The Labute approximate surface area is 103 Å². The molecule has 0 aromatic carbocycles. The van der Waals surface area contributed by atoms with E-state index < -0.39 is 0 Å². The molecule has 1 heterocycles. The Morgan fingerprint density at radius 3 is 2.47 bits per heavy atom. The van der Waals surface area contributed by atoms with Crippen LogP contribution in [0.4, 0.5) is 11.6 Å². The lowest BCUT2D eigenvalue weighted by Gasteiger charge is -2.15. The molecule has 96 valence electrons. The van der Waals surface area contributed by atoms with Crippen molar-refractivity contribution in [2.75, 3.05) is 30.8 Å². The highest BCUT2D eigenvalue weighted by atomic mass is 16.3. The van der Waals surface area contributed by atoms with Crippen molar-refractivity contribution in [1.29, 1.82) is 0 Å². The zero-order chi connectivity index (χ0) is 12.8. The third kappa shape index (κ3) is 3.85. The van der Waals surface area contributed by atoms with Gasteiger partial charge in [0.05, 0.1) is 0 Å². The Bertz CT molecular complexity index is 368. The number of aliphatic hydroxyl groups is 1. The van der Waals surface area contributed by atoms with Crippen LogP contribution in [0.15, 0.2) is 0 Å². The molecule has 0 radical (unpaired) electrons. The zero-order valence-corrected chi connectivity index (χ0v) is 11.0. The second-order valence-electron chi connectivity index (χ2n) is 4.34. The number of aliphatic hydroxyl groups excluding tert-OH is 1. The lowest BCUT2D eigenvalue weighted by atomic mass is 10.1. The Morgan fingerprint density at radius 1 is 1.24 bits per heavy atom. The predicted octanol–water partition coefficient (Wildman–Crippen LogP) is 1.57. The topological polar surface area (TPSA) is 70.1 Å². The van der Waals surface area contributed by atoms with Crippen LogP contribution in [0.25, 0.3) is 0 Å². The number of nitrogens with zero attached hydrogens (tertiary/aromatic N) is 2. The average Bonchev–Trinajstić information content (AvgIpc) is 2.30. The molecule has 1 unspecified atom stereocenters. The lowest BCUT2D eigenvalue weighted by molar-refractivity contribution is 0.266. The molecule has 1 atom stereocenters. The molecule has 0 fully saturated rings. The summed E-state index contributed by atoms with van der Waals surface area (Å²) in [5, 5.41) is 15.2. The highest BCUT2D eigenvalue weighted by molar-refractivity contribution is 5.56. The van der Waals surface area contributed by atoms with Crippen LogP contribution in [-0.4, -0.2) is 35.3 Å². The summed E-state index contributed by atoms with van der Waals surface area (Å²) in [6, 6.07) is 0. The second kappa shape index (κ2) is 6.39. The van der Waals surface area contributed by atoms with Crippen LogP contribution in [0.3, 0.4) is 0 Å². The van der Waals surface area contributed by atoms with E-state index in [1.807, 2.05) is 20.9 Å². The van der Waals surface area contributed by atoms with Gasteiger partial charge in [0.1, 0.15) is 17.5 Å². The summed E-state index contributed by atoms with van der Waals surface area (Å²) in [6.07, 6.45) is 0.801. The second-order valence-corrected chi connectivity index (χ2v) is 4.34. The minimum absolute atomic E-state index is 0.229. The van der Waals surface area contributed by atoms with E-state index >= 15 is 0 Å². The van der Waals surface area contributed by atoms with Gasteiger partial charge in [-0.2, -0.15) is 0 Å². The number of hydrogen-bond acceptors (Lipinski definition) is 5. The van der Waals surface area contributed by atoms with Gasteiger partial charge in [0, 0.05) is 25.8 Å². The van der Waals surface area contributed by atoms with E-state index in [1.165, 1.54) is 0 Å². The molecule has 0 saturated heterocycles. The van der Waals surface area contributed by atoms with E-state index in [0.717, 1.165) is 36.0 Å². The molecule has 5 heteroatoms. The van der Waals surface area contributed by atoms with Gasteiger partial charge in [-0.05, 0) is 26.2 Å². The summed E-state index contributed by atoms with van der Waals surface area (Å²) in [5.41, 5.74) is 1.02. The van der Waals surface area contributed by atoms with Crippen LogP contribution >= 0.6 is 0 Å². The number of anilines is 2. The molecule has 0 aliphatic carbocycles. The highest BCUT2D eigenvalue weighted by Crippen LogP contribution is 2.19. The van der Waals surface area contributed by atoms with Gasteiger partial charge in [0.15, 0.2) is 0 Å². The van der Waals surface area contributed by atoms with Gasteiger partial charge in [-0.25, -0.2) is 9.97 Å². The maximum Gasteiger partial charge on any atom is 0.134 e. The lowest BCUT2D eigenvalue weighted by Crippen LogP contribution is -2.15. The first-order valence-corrected chi connectivity index (χ1v) is 5.96. The van der Waals surface area contributed by atoms with Crippen molar-refractivity contribution >= 4 is 11.6 Å². The molecule has 3 N–H and O–H groups in total. The molecule has 0 bridgehead atoms. The van der Waals surface area contributed by atoms with Gasteiger partial charge >= 0.3 is 0 Å². The molecule has 1 aromatic rings. The summed E-state index contributed by atoms with van der Waals surface area (Å²) in [4.78, 5) is 8.70. The minimum Gasteiger partial charge on any atom is -0.396 e. The van der Waals surface area contributed by atoms with Gasteiger partial charge in [-0.15, -0.1) is 0 Å². The van der Waals surface area contributed by atoms with Crippen molar-refractivity contribution in [3.8, 4) is 0 Å². The minimum atomic E-state index is 0.229. The standard InChI is InChI=1S/C12H22N4O/c1-8(5-6-17)7-14-12-9(2)11(13-4)15-10(3)16-12/h8,17H,5-7H2,1-4H3,(H2,13,14,15,16). The smallest absolute Gasteiger partial charge is 0.134 e. The molecule has 0 aliphatic heterocycles. The number of aromatic nitrogens is 2.